The second-order valence-electron chi connectivity index (χ2n) is 13.4. The third kappa shape index (κ3) is 40.5. The summed E-state index contributed by atoms with van der Waals surface area (Å²) in [5, 5.41) is 10.1. The number of ether oxygens (including phenoxy) is 2. The van der Waals surface area contributed by atoms with Crippen LogP contribution in [0.4, 0.5) is 0 Å². The molecule has 10 heteroatoms. The molecule has 0 bridgehead atoms. The van der Waals surface area contributed by atoms with E-state index in [-0.39, 0.29) is 19.4 Å². The lowest BCUT2D eigenvalue weighted by Crippen LogP contribution is -2.29. The SMILES string of the molecule is CC/C=C\C/C=C\C/C=C\C/C=C\C=C/C(O)C/C=C\CCC(=O)O[C@H](COC(=O)CCCCCCCCCCCCCCCCC)COP(=O)(O)O. The molecule has 2 atom stereocenters. The van der Waals surface area contributed by atoms with Crippen LogP contribution >= 0.6 is 7.82 Å². The van der Waals surface area contributed by atoms with Crippen molar-refractivity contribution in [1.29, 1.82) is 0 Å². The molecule has 0 rings (SSSR count). The number of rotatable bonds is 36. The molecular formula is C43H73O9P. The van der Waals surface area contributed by atoms with Crippen molar-refractivity contribution in [2.75, 3.05) is 13.2 Å². The first kappa shape index (κ1) is 50.5. The van der Waals surface area contributed by atoms with Crippen LogP contribution in [-0.4, -0.2) is 52.3 Å². The molecule has 0 amide bonds. The zero-order chi connectivity index (χ0) is 39.1. The van der Waals surface area contributed by atoms with Gasteiger partial charge in [-0.2, -0.15) is 0 Å². The van der Waals surface area contributed by atoms with Crippen LogP contribution in [0.1, 0.15) is 162 Å². The van der Waals surface area contributed by atoms with Gasteiger partial charge in [0, 0.05) is 12.8 Å². The number of phosphoric ester groups is 1. The lowest BCUT2D eigenvalue weighted by Gasteiger charge is -2.18. The molecule has 0 aliphatic heterocycles. The summed E-state index contributed by atoms with van der Waals surface area (Å²) in [6.45, 7) is 3.42. The number of carbonyl (C=O) groups is 2. The first-order valence-corrected chi connectivity index (χ1v) is 21.9. The smallest absolute Gasteiger partial charge is 0.462 e. The maximum absolute atomic E-state index is 12.4. The van der Waals surface area contributed by atoms with Gasteiger partial charge in [-0.25, -0.2) is 4.57 Å². The highest BCUT2D eigenvalue weighted by Gasteiger charge is 2.22. The highest BCUT2D eigenvalue weighted by Crippen LogP contribution is 2.36. The lowest BCUT2D eigenvalue weighted by atomic mass is 10.0. The van der Waals surface area contributed by atoms with Gasteiger partial charge >= 0.3 is 19.8 Å². The topological polar surface area (TPSA) is 140 Å². The predicted molar refractivity (Wildman–Crippen MR) is 217 cm³/mol. The average molecular weight is 765 g/mol. The minimum atomic E-state index is -4.80. The molecule has 0 heterocycles. The Hall–Kier alpha value is -2.55. The van der Waals surface area contributed by atoms with E-state index >= 15 is 0 Å². The van der Waals surface area contributed by atoms with Crippen molar-refractivity contribution in [1.82, 2.24) is 0 Å². The summed E-state index contributed by atoms with van der Waals surface area (Å²) in [4.78, 5) is 42.8. The summed E-state index contributed by atoms with van der Waals surface area (Å²) in [5.41, 5.74) is 0. The van der Waals surface area contributed by atoms with Gasteiger partial charge in [0.25, 0.3) is 0 Å². The summed E-state index contributed by atoms with van der Waals surface area (Å²) >= 11 is 0. The predicted octanol–water partition coefficient (Wildman–Crippen LogP) is 11.3. The molecule has 0 radical (unpaired) electrons. The third-order valence-corrected chi connectivity index (χ3v) is 8.82. The molecule has 9 nitrogen and oxygen atoms in total. The standard InChI is InChI=1S/C43H73O9P/c1-3-5-7-9-11-13-15-17-18-20-22-24-26-28-32-36-42(45)50-38-41(39-51-53(47,48)49)52-43(46)37-33-29-31-35-40(44)34-30-27-25-23-21-19-16-14-12-10-8-6-4-2/h6,8,12,14,19,21,25,27,29-31,34,40-41,44H,3-5,7,9-11,13,15-18,20,22-24,26,28,32-33,35-39H2,1-2H3,(H2,47,48,49)/b8-6-,14-12-,21-19-,27-25-,31-29-,34-30-/t40?,41-/m1/s1. The van der Waals surface area contributed by atoms with Crippen LogP contribution in [0.3, 0.4) is 0 Å². The molecule has 0 aromatic rings. The Balaban J connectivity index is 4.17. The highest BCUT2D eigenvalue weighted by molar-refractivity contribution is 7.46. The van der Waals surface area contributed by atoms with Gasteiger partial charge in [-0.15, -0.1) is 0 Å². The number of hydrogen-bond donors (Lipinski definition) is 3. The fourth-order valence-corrected chi connectivity index (χ4v) is 5.67. The number of hydrogen-bond acceptors (Lipinski definition) is 7. The van der Waals surface area contributed by atoms with Crippen LogP contribution < -0.4 is 0 Å². The van der Waals surface area contributed by atoms with Crippen molar-refractivity contribution in [3.8, 4) is 0 Å². The Kier molecular flexibility index (Phi) is 35.9. The van der Waals surface area contributed by atoms with E-state index in [1.54, 1.807) is 24.3 Å². The normalized spacial score (nSPS) is 13.8. The third-order valence-electron chi connectivity index (χ3n) is 8.33. The largest absolute Gasteiger partial charge is 0.469 e. The van der Waals surface area contributed by atoms with Crippen LogP contribution in [0.15, 0.2) is 72.9 Å². The molecule has 53 heavy (non-hydrogen) atoms. The van der Waals surface area contributed by atoms with Crippen LogP contribution in [0.5, 0.6) is 0 Å². The van der Waals surface area contributed by atoms with Crippen molar-refractivity contribution in [2.24, 2.45) is 0 Å². The number of allylic oxidation sites excluding steroid dienone is 10. The molecule has 0 saturated heterocycles. The van der Waals surface area contributed by atoms with E-state index in [0.29, 0.717) is 19.3 Å². The van der Waals surface area contributed by atoms with Gasteiger partial charge < -0.3 is 24.4 Å². The molecule has 1 unspecified atom stereocenters. The molecule has 0 aliphatic rings. The molecule has 0 aromatic carbocycles. The lowest BCUT2D eigenvalue weighted by molar-refractivity contribution is -0.161. The van der Waals surface area contributed by atoms with Crippen LogP contribution in [0.25, 0.3) is 0 Å². The molecule has 0 spiro atoms. The quantitative estimate of drug-likeness (QED) is 0.0187. The van der Waals surface area contributed by atoms with E-state index in [1.807, 2.05) is 12.2 Å². The number of aliphatic hydroxyl groups excluding tert-OH is 1. The molecule has 0 aromatic heterocycles. The van der Waals surface area contributed by atoms with Crippen molar-refractivity contribution < 1.29 is 43.0 Å². The van der Waals surface area contributed by atoms with Gasteiger partial charge in [0.1, 0.15) is 6.61 Å². The van der Waals surface area contributed by atoms with Gasteiger partial charge in [-0.3, -0.25) is 14.1 Å². The summed E-state index contributed by atoms with van der Waals surface area (Å²) in [5.74, 6) is -1.07. The van der Waals surface area contributed by atoms with E-state index in [1.165, 1.54) is 70.6 Å². The van der Waals surface area contributed by atoms with Crippen molar-refractivity contribution in [3.63, 3.8) is 0 Å². The van der Waals surface area contributed by atoms with Gasteiger partial charge in [0.05, 0.1) is 12.7 Å². The second kappa shape index (κ2) is 37.8. The molecule has 0 saturated carbocycles. The molecular weight excluding hydrogens is 691 g/mol. The zero-order valence-electron chi connectivity index (χ0n) is 33.0. The van der Waals surface area contributed by atoms with Crippen LogP contribution in [0.2, 0.25) is 0 Å². The number of esters is 2. The average Bonchev–Trinajstić information content (AvgIpc) is 3.12. The fraction of sp³-hybridized carbons (Fsp3) is 0.674. The minimum Gasteiger partial charge on any atom is -0.462 e. The Morgan fingerprint density at radius 1 is 0.604 bits per heavy atom. The van der Waals surface area contributed by atoms with E-state index in [4.69, 9.17) is 19.3 Å². The molecule has 0 aliphatic carbocycles. The van der Waals surface area contributed by atoms with Crippen LogP contribution in [-0.2, 0) is 28.2 Å². The summed E-state index contributed by atoms with van der Waals surface area (Å²) in [6.07, 6.45) is 45.1. The monoisotopic (exact) mass is 764 g/mol. The first-order chi connectivity index (χ1) is 25.7. The number of phosphoric acid groups is 1. The van der Waals surface area contributed by atoms with Crippen molar-refractivity contribution in [3.05, 3.63) is 72.9 Å². The van der Waals surface area contributed by atoms with Crippen molar-refractivity contribution >= 4 is 19.8 Å². The Labute approximate surface area is 322 Å². The van der Waals surface area contributed by atoms with Gasteiger partial charge in [0.15, 0.2) is 6.10 Å². The summed E-state index contributed by atoms with van der Waals surface area (Å²) < 4.78 is 26.2. The van der Waals surface area contributed by atoms with E-state index in [0.717, 1.165) is 44.9 Å². The van der Waals surface area contributed by atoms with Crippen LogP contribution in [0, 0.1) is 0 Å². The maximum atomic E-state index is 12.4. The zero-order valence-corrected chi connectivity index (χ0v) is 33.9. The van der Waals surface area contributed by atoms with Gasteiger partial charge in [-0.1, -0.05) is 177 Å². The first-order valence-electron chi connectivity index (χ1n) is 20.3. The number of aliphatic hydroxyl groups is 1. The molecule has 0 fully saturated rings. The summed E-state index contributed by atoms with van der Waals surface area (Å²) in [6, 6.07) is 0. The molecule has 3 N–H and O–H groups in total. The van der Waals surface area contributed by atoms with Crippen molar-refractivity contribution in [2.45, 2.75) is 174 Å². The van der Waals surface area contributed by atoms with Gasteiger partial charge in [-0.05, 0) is 44.9 Å². The minimum absolute atomic E-state index is 0.00384. The van der Waals surface area contributed by atoms with E-state index < -0.39 is 38.6 Å². The Morgan fingerprint density at radius 2 is 1.13 bits per heavy atom. The fourth-order valence-electron chi connectivity index (χ4n) is 5.31. The Morgan fingerprint density at radius 3 is 1.68 bits per heavy atom. The number of unbranched alkanes of at least 4 members (excludes halogenated alkanes) is 14. The summed E-state index contributed by atoms with van der Waals surface area (Å²) in [7, 11) is -4.80. The second-order valence-corrected chi connectivity index (χ2v) is 14.7. The van der Waals surface area contributed by atoms with Gasteiger partial charge in [0.2, 0.25) is 0 Å². The highest BCUT2D eigenvalue weighted by atomic mass is 31.2. The van der Waals surface area contributed by atoms with E-state index in [2.05, 4.69) is 54.8 Å². The number of carbonyl (C=O) groups excluding carboxylic acids is 2. The molecule has 304 valence electrons. The Bertz CT molecular complexity index is 1100. The van der Waals surface area contributed by atoms with E-state index in [9.17, 15) is 19.3 Å². The maximum Gasteiger partial charge on any atom is 0.469 e.